The molecule has 3 heteroatoms. The minimum atomic E-state index is -0.114. The SMILES string of the molecule is CC(C)(C)c1ccc2c(c1)=[C-]c1c(C3=CC=CC3)c(C(C)(C)C)c(C(C)(C)C)c(=C(c3ccccc3)c3ccccc3)c1=2.[Cl-].[Cl-].[Zr+3]. The second kappa shape index (κ2) is 14.0. The van der Waals surface area contributed by atoms with Crippen LogP contribution in [-0.2, 0) is 42.4 Å². The quantitative estimate of drug-likeness (QED) is 0.251. The molecule has 0 N–H and O–H groups in total. The van der Waals surface area contributed by atoms with Crippen LogP contribution in [0, 0.1) is 10.4 Å². The van der Waals surface area contributed by atoms with Crippen LogP contribution in [0.4, 0.5) is 0 Å². The van der Waals surface area contributed by atoms with Crippen LogP contribution in [0.2, 0.25) is 0 Å². The molecular weight excluding hydrogens is 679 g/mol. The van der Waals surface area contributed by atoms with Crippen molar-refractivity contribution in [3.8, 4) is 0 Å². The van der Waals surface area contributed by atoms with Crippen LogP contribution in [0.25, 0.3) is 17.2 Å². The van der Waals surface area contributed by atoms with Crippen molar-refractivity contribution in [2.75, 3.05) is 0 Å². The van der Waals surface area contributed by atoms with Gasteiger partial charge < -0.3 is 24.8 Å². The van der Waals surface area contributed by atoms with Gasteiger partial charge >= 0.3 is 26.2 Å². The van der Waals surface area contributed by atoms with E-state index in [1.54, 1.807) is 0 Å². The Kier molecular flexibility index (Phi) is 11.5. The Morgan fingerprint density at radius 1 is 0.652 bits per heavy atom. The van der Waals surface area contributed by atoms with Crippen molar-refractivity contribution in [2.24, 2.45) is 0 Å². The van der Waals surface area contributed by atoms with E-state index in [0.717, 1.165) is 6.42 Å². The molecule has 0 unspecified atom stereocenters. The van der Waals surface area contributed by atoms with E-state index in [0.29, 0.717) is 0 Å². The van der Waals surface area contributed by atoms with Gasteiger partial charge in [-0.2, -0.15) is 0 Å². The molecule has 1 radical (unpaired) electrons. The summed E-state index contributed by atoms with van der Waals surface area (Å²) < 4.78 is 0. The van der Waals surface area contributed by atoms with Crippen LogP contribution in [0.1, 0.15) is 108 Å². The van der Waals surface area contributed by atoms with Gasteiger partial charge in [-0.25, -0.2) is 0 Å². The third kappa shape index (κ3) is 6.90. The van der Waals surface area contributed by atoms with Crippen LogP contribution in [-0.4, -0.2) is 0 Å². The molecule has 4 aromatic carbocycles. The van der Waals surface area contributed by atoms with Crippen molar-refractivity contribution in [1.82, 2.24) is 0 Å². The molecule has 46 heavy (non-hydrogen) atoms. The van der Waals surface area contributed by atoms with Crippen LogP contribution >= 0.6 is 0 Å². The molecule has 0 aliphatic heterocycles. The van der Waals surface area contributed by atoms with Gasteiger partial charge in [0.05, 0.1) is 0 Å². The van der Waals surface area contributed by atoms with Crippen LogP contribution in [0.5, 0.6) is 0 Å². The molecule has 0 fully saturated rings. The molecule has 0 amide bonds. The maximum absolute atomic E-state index is 4.04. The third-order valence-electron chi connectivity index (χ3n) is 8.88. The largest absolute Gasteiger partial charge is 3.00 e. The summed E-state index contributed by atoms with van der Waals surface area (Å²) in [6.45, 7) is 21.3. The first-order valence-corrected chi connectivity index (χ1v) is 15.8. The van der Waals surface area contributed by atoms with E-state index in [-0.39, 0.29) is 67.3 Å². The summed E-state index contributed by atoms with van der Waals surface area (Å²) in [5.74, 6) is 0. The summed E-state index contributed by atoms with van der Waals surface area (Å²) in [5.41, 5.74) is 11.9. The molecule has 2 aliphatic carbocycles. The van der Waals surface area contributed by atoms with Crippen LogP contribution in [0.3, 0.4) is 0 Å². The van der Waals surface area contributed by atoms with Gasteiger partial charge in [-0.15, -0.1) is 33.4 Å². The molecule has 0 nitrogen and oxygen atoms in total. The van der Waals surface area contributed by atoms with Crippen molar-refractivity contribution in [3.63, 3.8) is 0 Å². The smallest absolute Gasteiger partial charge is 1.00 e. The van der Waals surface area contributed by atoms with Crippen LogP contribution in [0.15, 0.2) is 97.1 Å². The fourth-order valence-corrected chi connectivity index (χ4v) is 6.98. The van der Waals surface area contributed by atoms with E-state index in [1.807, 2.05) is 0 Å². The maximum Gasteiger partial charge on any atom is 3.00 e. The first kappa shape index (κ1) is 38.0. The number of hydrogen-bond donors (Lipinski definition) is 0. The molecule has 0 atom stereocenters. The van der Waals surface area contributed by atoms with E-state index in [9.17, 15) is 0 Å². The fourth-order valence-electron chi connectivity index (χ4n) is 6.98. The van der Waals surface area contributed by atoms with Gasteiger partial charge in [0.2, 0.25) is 0 Å². The average molecular weight is 724 g/mol. The standard InChI is InChI=1S/C43H45.2ClH.Zr/c1-41(2,3)32-24-25-33-31(26-32)27-34-36(30-22-16-17-23-30)39(42(4,5)6)40(43(7,8)9)38(37(33)34)35(28-18-12-10-13-19-28)29-20-14-11-15-21-29;;;/h10-22,24-26H,23H2,1-9H3;2*1H;/q-1;;;+3/p-2. The Hall–Kier alpha value is -2.44. The zero-order chi connectivity index (χ0) is 30.7. The number of rotatable bonds is 3. The van der Waals surface area contributed by atoms with Crippen molar-refractivity contribution in [3.05, 3.63) is 157 Å². The van der Waals surface area contributed by atoms with E-state index in [2.05, 4.69) is 165 Å². The second-order valence-corrected chi connectivity index (χ2v) is 15.3. The number of allylic oxidation sites excluding steroid dienone is 4. The summed E-state index contributed by atoms with van der Waals surface area (Å²) in [5, 5.41) is 5.19. The summed E-state index contributed by atoms with van der Waals surface area (Å²) in [6, 6.07) is 29.2. The first-order chi connectivity index (χ1) is 20.3. The van der Waals surface area contributed by atoms with E-state index in [1.165, 1.54) is 71.0 Å². The molecule has 235 valence electrons. The Labute approximate surface area is 308 Å². The normalized spacial score (nSPS) is 13.4. The molecule has 2 aliphatic rings. The van der Waals surface area contributed by atoms with Crippen molar-refractivity contribution in [1.29, 1.82) is 0 Å². The molecule has 0 saturated carbocycles. The summed E-state index contributed by atoms with van der Waals surface area (Å²) >= 11 is 0. The van der Waals surface area contributed by atoms with E-state index < -0.39 is 0 Å². The zero-order valence-corrected chi connectivity index (χ0v) is 32.7. The van der Waals surface area contributed by atoms with Crippen LogP contribution < -0.4 is 35.3 Å². The zero-order valence-electron chi connectivity index (χ0n) is 28.7. The molecule has 0 spiro atoms. The second-order valence-electron chi connectivity index (χ2n) is 15.3. The van der Waals surface area contributed by atoms with Gasteiger partial charge in [0.15, 0.2) is 0 Å². The van der Waals surface area contributed by atoms with Gasteiger partial charge in [0.25, 0.3) is 0 Å². The van der Waals surface area contributed by atoms with E-state index >= 15 is 0 Å². The Morgan fingerprint density at radius 3 is 1.65 bits per heavy atom. The third-order valence-corrected chi connectivity index (χ3v) is 8.88. The van der Waals surface area contributed by atoms with E-state index in [4.69, 9.17) is 0 Å². The first-order valence-electron chi connectivity index (χ1n) is 15.8. The maximum atomic E-state index is 4.04. The summed E-state index contributed by atoms with van der Waals surface area (Å²) in [4.78, 5) is 0. The van der Waals surface area contributed by atoms with Gasteiger partial charge in [-0.3, -0.25) is 0 Å². The van der Waals surface area contributed by atoms with Crippen molar-refractivity contribution >= 4 is 17.2 Å². The Balaban J connectivity index is 0.00000192. The molecule has 0 bridgehead atoms. The van der Waals surface area contributed by atoms with Gasteiger partial charge in [-0.1, -0.05) is 176 Å². The molecule has 0 aromatic heterocycles. The molecule has 0 saturated heterocycles. The Morgan fingerprint density at radius 2 is 1.20 bits per heavy atom. The van der Waals surface area contributed by atoms with Gasteiger partial charge in [0.1, 0.15) is 0 Å². The van der Waals surface area contributed by atoms with Crippen molar-refractivity contribution < 1.29 is 51.0 Å². The van der Waals surface area contributed by atoms with Crippen molar-refractivity contribution in [2.45, 2.75) is 85.0 Å². The minimum Gasteiger partial charge on any atom is -1.00 e. The monoisotopic (exact) mass is 721 g/mol. The fraction of sp³-hybridized carbons (Fsp3) is 0.302. The predicted octanol–water partition coefficient (Wildman–Crippen LogP) is 3.48. The number of halogens is 2. The summed E-state index contributed by atoms with van der Waals surface area (Å²) in [6.07, 6.45) is 11.9. The number of hydrogen-bond acceptors (Lipinski definition) is 0. The molecular formula is C43H45Cl2Zr. The minimum absolute atomic E-state index is 0. The van der Waals surface area contributed by atoms with Gasteiger partial charge in [0, 0.05) is 0 Å². The number of fused-ring (bicyclic) bond motifs is 2. The van der Waals surface area contributed by atoms with Gasteiger partial charge in [-0.05, 0) is 50.1 Å². The number of benzene rings is 4. The average Bonchev–Trinajstić information content (AvgIpc) is 3.60. The molecule has 6 rings (SSSR count). The molecule has 0 heterocycles. The molecule has 4 aromatic rings. The topological polar surface area (TPSA) is 0 Å². The predicted molar refractivity (Wildman–Crippen MR) is 185 cm³/mol. The summed E-state index contributed by atoms with van der Waals surface area (Å²) in [7, 11) is 0. The Bertz CT molecular complexity index is 1970.